The molecule has 7 rings (SSSR count). The molecule has 6 aromatic rings. The molecule has 0 saturated heterocycles. The second-order valence-corrected chi connectivity index (χ2v) is 19.9. The van der Waals surface area contributed by atoms with Gasteiger partial charge >= 0.3 is 0 Å². The molecule has 0 unspecified atom stereocenters. The third kappa shape index (κ3) is 9.26. The third-order valence-corrected chi connectivity index (χ3v) is 10.7. The van der Waals surface area contributed by atoms with Crippen LogP contribution in [0.4, 0.5) is 11.4 Å². The maximum absolute atomic E-state index is 6.81. The quantitative estimate of drug-likeness (QED) is 0.135. The number of anilines is 2. The molecule has 3 heterocycles. The van der Waals surface area contributed by atoms with Crippen molar-refractivity contribution in [3.8, 4) is 17.3 Å². The summed E-state index contributed by atoms with van der Waals surface area (Å²) in [7, 11) is 0. The van der Waals surface area contributed by atoms with Crippen molar-refractivity contribution in [3.05, 3.63) is 138 Å². The molecule has 0 N–H and O–H groups in total. The number of hydrogen-bond acceptors (Lipinski definition) is 4. The topological polar surface area (TPSA) is 33.5 Å². The van der Waals surface area contributed by atoms with E-state index in [4.69, 9.17) is 9.72 Å². The van der Waals surface area contributed by atoms with Crippen molar-refractivity contribution >= 4 is 33.2 Å². The van der Waals surface area contributed by atoms with Crippen molar-refractivity contribution in [1.29, 1.82) is 0 Å². The van der Waals surface area contributed by atoms with E-state index in [1.807, 2.05) is 12.3 Å². The molecule has 0 amide bonds. The van der Waals surface area contributed by atoms with Crippen LogP contribution >= 0.6 is 0 Å². The molecule has 1 aliphatic heterocycles. The SMILES string of the molecule is CC(C)Cc1cc(CC(C)C)cc(N2C=C(C(C)(C)C)N(c3[c-]c(Oc4[c-]c5c(cc4)c4ccccc4n5-c4cc(C(C)(C)C)ccn4)cc(C(C)(C)C)c3)[CH-]2)c1.[Pt]. The van der Waals surface area contributed by atoms with Gasteiger partial charge in [-0.05, 0) is 94.1 Å². The Labute approximate surface area is 362 Å². The molecule has 0 radical (unpaired) electrons. The first-order chi connectivity index (χ1) is 26.7. The van der Waals surface area contributed by atoms with Crippen molar-refractivity contribution < 1.29 is 25.8 Å². The van der Waals surface area contributed by atoms with E-state index in [2.05, 4.69) is 202 Å². The van der Waals surface area contributed by atoms with Crippen molar-refractivity contribution in [2.45, 2.75) is 114 Å². The first-order valence-electron chi connectivity index (χ1n) is 20.7. The Morgan fingerprint density at radius 3 is 1.95 bits per heavy atom. The first-order valence-corrected chi connectivity index (χ1v) is 20.7. The van der Waals surface area contributed by atoms with Gasteiger partial charge in [-0.3, -0.25) is 0 Å². The number of aromatic nitrogens is 2. The maximum atomic E-state index is 6.81. The van der Waals surface area contributed by atoms with Crippen molar-refractivity contribution in [2.75, 3.05) is 9.80 Å². The zero-order valence-electron chi connectivity index (χ0n) is 36.8. The van der Waals surface area contributed by atoms with Gasteiger partial charge in [0.15, 0.2) is 0 Å². The normalized spacial score (nSPS) is 13.9. The number of benzene rings is 4. The van der Waals surface area contributed by atoms with Gasteiger partial charge in [0.25, 0.3) is 0 Å². The average molecular weight is 953 g/mol. The van der Waals surface area contributed by atoms with Crippen LogP contribution in [0.3, 0.4) is 0 Å². The molecular weight excluding hydrogens is 892 g/mol. The summed E-state index contributed by atoms with van der Waals surface area (Å²) in [6.07, 6.45) is 6.32. The Bertz CT molecular complexity index is 2420. The fourth-order valence-corrected chi connectivity index (χ4v) is 7.82. The van der Waals surface area contributed by atoms with E-state index >= 15 is 0 Å². The van der Waals surface area contributed by atoms with E-state index in [0.29, 0.717) is 23.3 Å². The number of hydrogen-bond donors (Lipinski definition) is 0. The molecule has 6 heteroatoms. The predicted molar refractivity (Wildman–Crippen MR) is 240 cm³/mol. The van der Waals surface area contributed by atoms with Gasteiger partial charge in [-0.2, -0.15) is 6.07 Å². The van der Waals surface area contributed by atoms with Crippen LogP contribution in [0.5, 0.6) is 11.5 Å². The van der Waals surface area contributed by atoms with Gasteiger partial charge in [0, 0.05) is 61.1 Å². The summed E-state index contributed by atoms with van der Waals surface area (Å²) in [4.78, 5) is 9.48. The maximum Gasteiger partial charge on any atom is 0.135 e. The van der Waals surface area contributed by atoms with Gasteiger partial charge in [-0.15, -0.1) is 53.6 Å². The minimum absolute atomic E-state index is 0. The Kier molecular flexibility index (Phi) is 12.2. The molecule has 0 fully saturated rings. The number of rotatable bonds is 9. The number of ether oxygens (including phenoxy) is 1. The van der Waals surface area contributed by atoms with E-state index in [0.717, 1.165) is 46.2 Å². The van der Waals surface area contributed by atoms with Crippen molar-refractivity contribution in [1.82, 2.24) is 9.55 Å². The van der Waals surface area contributed by atoms with Gasteiger partial charge in [-0.25, -0.2) is 4.98 Å². The fraction of sp³-hybridized carbons (Fsp3) is 0.385. The van der Waals surface area contributed by atoms with Crippen LogP contribution in [-0.4, -0.2) is 9.55 Å². The van der Waals surface area contributed by atoms with Gasteiger partial charge in [0.1, 0.15) is 5.82 Å². The molecule has 1 aliphatic rings. The van der Waals surface area contributed by atoms with Gasteiger partial charge in [0.05, 0.1) is 0 Å². The standard InChI is InChI=1S/C52H61N4O.Pt/c1-34(2)22-36-24-37(23-35(3)4)26-40(25-36)54-32-48(52(11,12)13)55(33-54)41-27-39(51(8,9)10)28-43(30-41)57-42-18-19-45-44-16-14-15-17-46(44)56(47(45)31-42)49-29-38(20-21-53-49)50(5,6)7;/h14-21,24-29,32-35H,22-23H2,1-13H3;/q-3;. The minimum Gasteiger partial charge on any atom is -0.509 e. The number of nitrogens with zero attached hydrogens (tertiary/aromatic N) is 4. The van der Waals surface area contributed by atoms with E-state index < -0.39 is 0 Å². The van der Waals surface area contributed by atoms with Crippen LogP contribution in [0.25, 0.3) is 27.6 Å². The summed E-state index contributed by atoms with van der Waals surface area (Å²) >= 11 is 0. The number of fused-ring (bicyclic) bond motifs is 3. The zero-order chi connectivity index (χ0) is 41.0. The van der Waals surface area contributed by atoms with Crippen LogP contribution in [0.15, 0.2) is 97.0 Å². The smallest absolute Gasteiger partial charge is 0.135 e. The van der Waals surface area contributed by atoms with Crippen LogP contribution in [0.1, 0.15) is 112 Å². The Morgan fingerprint density at radius 1 is 0.672 bits per heavy atom. The number of para-hydroxylation sites is 1. The molecule has 2 aromatic heterocycles. The summed E-state index contributed by atoms with van der Waals surface area (Å²) in [5, 5.41) is 2.26. The second kappa shape index (κ2) is 16.4. The largest absolute Gasteiger partial charge is 0.509 e. The second-order valence-electron chi connectivity index (χ2n) is 19.9. The van der Waals surface area contributed by atoms with Crippen LogP contribution in [-0.2, 0) is 44.7 Å². The summed E-state index contributed by atoms with van der Waals surface area (Å²) in [6.45, 7) is 31.7. The molecule has 0 atom stereocenters. The Morgan fingerprint density at radius 2 is 1.33 bits per heavy atom. The molecule has 0 spiro atoms. The van der Waals surface area contributed by atoms with Gasteiger partial charge in [0.2, 0.25) is 0 Å². The zero-order valence-corrected chi connectivity index (χ0v) is 39.1. The molecule has 0 saturated carbocycles. The predicted octanol–water partition coefficient (Wildman–Crippen LogP) is 13.9. The molecule has 58 heavy (non-hydrogen) atoms. The first kappa shape index (κ1) is 43.2. The van der Waals surface area contributed by atoms with Gasteiger partial charge < -0.3 is 19.1 Å². The Balaban J connectivity index is 0.00000567. The van der Waals surface area contributed by atoms with E-state index in [1.165, 1.54) is 33.6 Å². The molecular formula is C52H61N4OPt-3. The van der Waals surface area contributed by atoms with Crippen molar-refractivity contribution in [3.63, 3.8) is 0 Å². The summed E-state index contributed by atoms with van der Waals surface area (Å²) in [5.41, 5.74) is 10.2. The minimum atomic E-state index is -0.140. The molecule has 5 nitrogen and oxygen atoms in total. The van der Waals surface area contributed by atoms with Crippen LogP contribution < -0.4 is 14.5 Å². The molecule has 308 valence electrons. The molecule has 0 aliphatic carbocycles. The van der Waals surface area contributed by atoms with Crippen molar-refractivity contribution in [2.24, 2.45) is 17.3 Å². The number of pyridine rings is 1. The summed E-state index contributed by atoms with van der Waals surface area (Å²) < 4.78 is 9.02. The fourth-order valence-electron chi connectivity index (χ4n) is 7.82. The van der Waals surface area contributed by atoms with E-state index in [-0.39, 0.29) is 37.3 Å². The summed E-state index contributed by atoms with van der Waals surface area (Å²) in [6, 6.07) is 35.9. The van der Waals surface area contributed by atoms with Gasteiger partial charge in [-0.1, -0.05) is 120 Å². The Hall–Kier alpha value is -4.34. The molecule has 4 aromatic carbocycles. The number of allylic oxidation sites excluding steroid dienone is 1. The third-order valence-electron chi connectivity index (χ3n) is 10.7. The van der Waals surface area contributed by atoms with E-state index in [9.17, 15) is 0 Å². The monoisotopic (exact) mass is 952 g/mol. The summed E-state index contributed by atoms with van der Waals surface area (Å²) in [5.74, 6) is 3.31. The molecule has 0 bridgehead atoms. The van der Waals surface area contributed by atoms with Crippen LogP contribution in [0.2, 0.25) is 0 Å². The van der Waals surface area contributed by atoms with Crippen LogP contribution in [0, 0.1) is 36.1 Å². The van der Waals surface area contributed by atoms with E-state index in [1.54, 1.807) is 0 Å². The average Bonchev–Trinajstić information content (AvgIpc) is 3.71.